The number of aromatic nitrogens is 2. The van der Waals surface area contributed by atoms with Crippen molar-refractivity contribution in [3.05, 3.63) is 77.9 Å². The molecule has 0 spiro atoms. The van der Waals surface area contributed by atoms with Gasteiger partial charge in [0.2, 0.25) is 0 Å². The summed E-state index contributed by atoms with van der Waals surface area (Å²) in [5.74, 6) is 1.32. The molecule has 0 saturated heterocycles. The van der Waals surface area contributed by atoms with Crippen LogP contribution in [0.5, 0.6) is 11.5 Å². The summed E-state index contributed by atoms with van der Waals surface area (Å²) in [5, 5.41) is 4.08. The minimum atomic E-state index is -4.42. The first kappa shape index (κ1) is 18.1. The van der Waals surface area contributed by atoms with Gasteiger partial charge in [-0.05, 0) is 42.3 Å². The van der Waals surface area contributed by atoms with Crippen LogP contribution in [0.2, 0.25) is 0 Å². The van der Waals surface area contributed by atoms with Crippen LogP contribution in [0.25, 0.3) is 0 Å². The summed E-state index contributed by atoms with van der Waals surface area (Å²) < 4.78 is 46.3. The second-order valence-electron chi connectivity index (χ2n) is 6.43. The number of rotatable bonds is 3. The van der Waals surface area contributed by atoms with Crippen LogP contribution in [0.15, 0.2) is 66.3 Å². The summed E-state index contributed by atoms with van der Waals surface area (Å²) in [4.78, 5) is 9.51. The molecule has 1 aliphatic heterocycles. The molecule has 1 atom stereocenters. The van der Waals surface area contributed by atoms with E-state index in [-0.39, 0.29) is 11.9 Å². The summed E-state index contributed by atoms with van der Waals surface area (Å²) in [5.41, 5.74) is 0.873. The van der Waals surface area contributed by atoms with Crippen LogP contribution in [0.3, 0.4) is 0 Å². The molecule has 0 bridgehead atoms. The minimum Gasteiger partial charge on any atom is -0.457 e. The van der Waals surface area contributed by atoms with Gasteiger partial charge in [-0.3, -0.25) is 4.57 Å². The van der Waals surface area contributed by atoms with Gasteiger partial charge in [0, 0.05) is 12.4 Å². The number of benzene rings is 2. The zero-order chi connectivity index (χ0) is 19.7. The SMILES string of the molecule is Cc1ccc(C2CC(n3ccnc3)=NO2)cc1Oc1cccc(C(F)(F)F)c1. The highest BCUT2D eigenvalue weighted by Crippen LogP contribution is 2.35. The Morgan fingerprint density at radius 3 is 2.79 bits per heavy atom. The molecule has 0 amide bonds. The van der Waals surface area contributed by atoms with Gasteiger partial charge in [-0.2, -0.15) is 13.2 Å². The summed E-state index contributed by atoms with van der Waals surface area (Å²) in [7, 11) is 0. The molecule has 1 aliphatic rings. The molecule has 8 heteroatoms. The lowest BCUT2D eigenvalue weighted by molar-refractivity contribution is -0.137. The molecule has 28 heavy (non-hydrogen) atoms. The largest absolute Gasteiger partial charge is 0.457 e. The Hall–Kier alpha value is -3.29. The molecule has 1 unspecified atom stereocenters. The molecule has 0 fully saturated rings. The molecule has 3 aromatic rings. The number of nitrogens with zero attached hydrogens (tertiary/aromatic N) is 3. The Kier molecular flexibility index (Phi) is 4.54. The maximum absolute atomic E-state index is 12.9. The van der Waals surface area contributed by atoms with Crippen molar-refractivity contribution in [3.8, 4) is 11.5 Å². The van der Waals surface area contributed by atoms with Crippen LogP contribution >= 0.6 is 0 Å². The molecule has 0 radical (unpaired) electrons. The zero-order valence-electron chi connectivity index (χ0n) is 14.8. The van der Waals surface area contributed by atoms with Gasteiger partial charge < -0.3 is 9.57 Å². The fourth-order valence-corrected chi connectivity index (χ4v) is 2.90. The number of oxime groups is 1. The molecule has 0 aliphatic carbocycles. The van der Waals surface area contributed by atoms with E-state index in [9.17, 15) is 13.2 Å². The van der Waals surface area contributed by atoms with Gasteiger partial charge in [-0.25, -0.2) is 4.98 Å². The molecule has 2 heterocycles. The summed E-state index contributed by atoms with van der Waals surface area (Å²) in [6.07, 6.45) is 0.895. The van der Waals surface area contributed by atoms with E-state index in [0.717, 1.165) is 29.1 Å². The van der Waals surface area contributed by atoms with E-state index in [4.69, 9.17) is 9.57 Å². The van der Waals surface area contributed by atoms with E-state index >= 15 is 0 Å². The Balaban J connectivity index is 1.54. The monoisotopic (exact) mass is 387 g/mol. The van der Waals surface area contributed by atoms with Crippen molar-refractivity contribution in [3.63, 3.8) is 0 Å². The van der Waals surface area contributed by atoms with Crippen molar-refractivity contribution in [1.82, 2.24) is 9.55 Å². The van der Waals surface area contributed by atoms with Crippen LogP contribution in [0.4, 0.5) is 13.2 Å². The predicted octanol–water partition coefficient (Wildman–Crippen LogP) is 5.33. The summed E-state index contributed by atoms with van der Waals surface area (Å²) in [6.45, 7) is 1.83. The van der Waals surface area contributed by atoms with Gasteiger partial charge in [-0.15, -0.1) is 0 Å². The smallest absolute Gasteiger partial charge is 0.416 e. The van der Waals surface area contributed by atoms with Gasteiger partial charge in [0.1, 0.15) is 17.8 Å². The van der Waals surface area contributed by atoms with E-state index in [1.54, 1.807) is 29.4 Å². The summed E-state index contributed by atoms with van der Waals surface area (Å²) >= 11 is 0. The third-order valence-electron chi connectivity index (χ3n) is 4.43. The topological polar surface area (TPSA) is 48.6 Å². The zero-order valence-corrected chi connectivity index (χ0v) is 14.8. The third kappa shape index (κ3) is 3.71. The molecule has 0 N–H and O–H groups in total. The van der Waals surface area contributed by atoms with Crippen LogP contribution in [0.1, 0.15) is 29.2 Å². The maximum atomic E-state index is 12.9. The predicted molar refractivity (Wildman–Crippen MR) is 96.2 cm³/mol. The van der Waals surface area contributed by atoms with Crippen LogP contribution < -0.4 is 4.74 Å². The Labute approximate surface area is 159 Å². The first-order valence-electron chi connectivity index (χ1n) is 8.57. The molecule has 2 aromatic carbocycles. The van der Waals surface area contributed by atoms with Crippen molar-refractivity contribution < 1.29 is 22.7 Å². The quantitative estimate of drug-likeness (QED) is 0.611. The van der Waals surface area contributed by atoms with Crippen molar-refractivity contribution in [2.75, 3.05) is 0 Å². The number of aryl methyl sites for hydroxylation is 1. The number of imidazole rings is 1. The van der Waals surface area contributed by atoms with E-state index in [2.05, 4.69) is 10.1 Å². The lowest BCUT2D eigenvalue weighted by atomic mass is 10.0. The van der Waals surface area contributed by atoms with E-state index in [1.807, 2.05) is 19.1 Å². The van der Waals surface area contributed by atoms with E-state index < -0.39 is 11.7 Å². The Bertz CT molecular complexity index is 1010. The first-order chi connectivity index (χ1) is 13.4. The molecular formula is C20H16F3N3O2. The first-order valence-corrected chi connectivity index (χ1v) is 8.57. The second kappa shape index (κ2) is 7.03. The Morgan fingerprint density at radius 1 is 1.18 bits per heavy atom. The average Bonchev–Trinajstić information content (AvgIpc) is 3.34. The number of alkyl halides is 3. The number of halogens is 3. The highest BCUT2D eigenvalue weighted by atomic mass is 19.4. The average molecular weight is 387 g/mol. The normalized spacial score (nSPS) is 16.6. The van der Waals surface area contributed by atoms with Crippen molar-refractivity contribution in [2.24, 2.45) is 5.16 Å². The Morgan fingerprint density at radius 2 is 2.04 bits per heavy atom. The van der Waals surface area contributed by atoms with Crippen LogP contribution in [-0.4, -0.2) is 15.4 Å². The van der Waals surface area contributed by atoms with E-state index in [1.165, 1.54) is 12.1 Å². The summed E-state index contributed by atoms with van der Waals surface area (Å²) in [6, 6.07) is 10.3. The number of hydrogen-bond donors (Lipinski definition) is 0. The van der Waals surface area contributed by atoms with Gasteiger partial charge in [-0.1, -0.05) is 23.4 Å². The third-order valence-corrected chi connectivity index (χ3v) is 4.43. The lowest BCUT2D eigenvalue weighted by Gasteiger charge is -2.14. The highest BCUT2D eigenvalue weighted by Gasteiger charge is 2.30. The fraction of sp³-hybridized carbons (Fsp3) is 0.200. The lowest BCUT2D eigenvalue weighted by Crippen LogP contribution is -2.08. The van der Waals surface area contributed by atoms with Crippen molar-refractivity contribution >= 4 is 5.84 Å². The standard InChI is InChI=1S/C20H16F3N3O2/c1-13-5-6-14(18-11-19(25-28-18)26-8-7-24-12-26)9-17(13)27-16-4-2-3-15(10-16)20(21,22)23/h2-10,12,18H,11H2,1H3. The van der Waals surface area contributed by atoms with Crippen molar-refractivity contribution in [2.45, 2.75) is 25.6 Å². The van der Waals surface area contributed by atoms with E-state index in [0.29, 0.717) is 12.2 Å². The van der Waals surface area contributed by atoms with Gasteiger partial charge in [0.05, 0.1) is 12.0 Å². The molecular weight excluding hydrogens is 371 g/mol. The maximum Gasteiger partial charge on any atom is 0.416 e. The number of hydrogen-bond acceptors (Lipinski definition) is 4. The van der Waals surface area contributed by atoms with Gasteiger partial charge in [0.15, 0.2) is 11.9 Å². The molecule has 0 saturated carbocycles. The molecule has 1 aromatic heterocycles. The molecule has 4 rings (SSSR count). The fourth-order valence-electron chi connectivity index (χ4n) is 2.90. The van der Waals surface area contributed by atoms with Crippen LogP contribution in [0, 0.1) is 6.92 Å². The molecule has 144 valence electrons. The van der Waals surface area contributed by atoms with Crippen molar-refractivity contribution in [1.29, 1.82) is 0 Å². The van der Waals surface area contributed by atoms with Crippen LogP contribution in [-0.2, 0) is 11.0 Å². The van der Waals surface area contributed by atoms with Gasteiger partial charge in [0.25, 0.3) is 0 Å². The second-order valence-corrected chi connectivity index (χ2v) is 6.43. The minimum absolute atomic E-state index is 0.123. The highest BCUT2D eigenvalue weighted by molar-refractivity contribution is 5.85. The van der Waals surface area contributed by atoms with Gasteiger partial charge >= 0.3 is 6.18 Å². The number of ether oxygens (including phenoxy) is 1. The molecule has 5 nitrogen and oxygen atoms in total.